The molecule has 2 rings (SSSR count). The van der Waals surface area contributed by atoms with Gasteiger partial charge in [-0.2, -0.15) is 0 Å². The van der Waals surface area contributed by atoms with Crippen LogP contribution in [0.4, 0.5) is 0 Å². The second-order valence-electron chi connectivity index (χ2n) is 7.56. The Kier molecular flexibility index (Phi) is 8.40. The number of aryl methyl sites for hydroxylation is 1. The van der Waals surface area contributed by atoms with E-state index in [1.807, 2.05) is 37.3 Å². The van der Waals surface area contributed by atoms with Gasteiger partial charge in [-0.1, -0.05) is 69.9 Å². The number of esters is 1. The normalized spacial score (nSPS) is 11.3. The van der Waals surface area contributed by atoms with Crippen molar-refractivity contribution < 1.29 is 18.7 Å². The molecule has 0 saturated heterocycles. The van der Waals surface area contributed by atoms with E-state index in [1.54, 1.807) is 12.1 Å². The Labute approximate surface area is 174 Å². The molecule has 0 atom stereocenters. The van der Waals surface area contributed by atoms with Crippen LogP contribution in [0.3, 0.4) is 0 Å². The first-order valence-electron chi connectivity index (χ1n) is 10.3. The molecule has 2 aromatic carbocycles. The van der Waals surface area contributed by atoms with Crippen LogP contribution in [-0.2, 0) is 19.0 Å². The van der Waals surface area contributed by atoms with E-state index in [9.17, 15) is 13.9 Å². The molecule has 5 heteroatoms. The molecule has 0 unspecified atom stereocenters. The van der Waals surface area contributed by atoms with Gasteiger partial charge in [0.05, 0.1) is 12.7 Å². The summed E-state index contributed by atoms with van der Waals surface area (Å²) in [7, 11) is -1.32. The van der Waals surface area contributed by atoms with Gasteiger partial charge in [-0.15, -0.1) is 0 Å². The Balaban J connectivity index is 2.74. The summed E-state index contributed by atoms with van der Waals surface area (Å²) in [6.07, 6.45) is 4.72. The fraction of sp³-hybridized carbons (Fsp3) is 0.458. The number of unbranched alkanes of at least 4 members (excludes halogenated alkanes) is 2. The number of benzene rings is 2. The molecule has 0 saturated carbocycles. The van der Waals surface area contributed by atoms with Crippen LogP contribution in [0.1, 0.15) is 73.9 Å². The average Bonchev–Trinajstić information content (AvgIpc) is 2.73. The molecule has 0 heterocycles. The van der Waals surface area contributed by atoms with Gasteiger partial charge in [0.15, 0.2) is 0 Å². The number of ether oxygens (including phenoxy) is 1. The lowest BCUT2D eigenvalue weighted by molar-refractivity contribution is 0.0601. The molecule has 0 spiro atoms. The molecule has 0 bridgehead atoms. The monoisotopic (exact) mass is 414 g/mol. The first-order valence-corrected chi connectivity index (χ1v) is 11.5. The smallest absolute Gasteiger partial charge is 0.338 e. The number of carbonyl (C=O) groups excluding carboxylic acids is 1. The molecule has 0 N–H and O–H groups in total. The zero-order valence-corrected chi connectivity index (χ0v) is 18.8. The van der Waals surface area contributed by atoms with E-state index in [0.717, 1.165) is 47.9 Å². The van der Waals surface area contributed by atoms with Crippen LogP contribution in [-0.4, -0.2) is 13.1 Å². The van der Waals surface area contributed by atoms with Crippen molar-refractivity contribution in [1.29, 1.82) is 0 Å². The summed E-state index contributed by atoms with van der Waals surface area (Å²) in [4.78, 5) is 12.4. The Morgan fingerprint density at radius 3 is 2.10 bits per heavy atom. The molecule has 29 heavy (non-hydrogen) atoms. The van der Waals surface area contributed by atoms with Crippen molar-refractivity contribution in [3.05, 3.63) is 59.2 Å². The summed E-state index contributed by atoms with van der Waals surface area (Å²) in [6, 6.07) is 13.2. The van der Waals surface area contributed by atoms with Crippen LogP contribution in [0.5, 0.6) is 0 Å². The van der Waals surface area contributed by atoms with Crippen LogP contribution in [0.15, 0.2) is 42.5 Å². The topological polar surface area (TPSA) is 60.4 Å². The first-order chi connectivity index (χ1) is 13.9. The van der Waals surface area contributed by atoms with Gasteiger partial charge in [0.1, 0.15) is 5.16 Å². The lowest BCUT2D eigenvalue weighted by Crippen LogP contribution is -2.21. The second kappa shape index (κ2) is 10.5. The third kappa shape index (κ3) is 5.05. The highest BCUT2D eigenvalue weighted by molar-refractivity contribution is 7.32. The van der Waals surface area contributed by atoms with E-state index in [-0.39, 0.29) is 0 Å². The zero-order valence-electron chi connectivity index (χ0n) is 17.9. The minimum Gasteiger partial charge on any atom is -0.465 e. The summed E-state index contributed by atoms with van der Waals surface area (Å²) in [5, 5.41) is -0.909. The van der Waals surface area contributed by atoms with E-state index < -0.39 is 18.8 Å². The van der Waals surface area contributed by atoms with Gasteiger partial charge >= 0.3 is 13.6 Å². The molecule has 2 aromatic rings. The lowest BCUT2D eigenvalue weighted by Gasteiger charge is -2.28. The van der Waals surface area contributed by atoms with Crippen molar-refractivity contribution in [3.63, 3.8) is 0 Å². The quantitative estimate of drug-likeness (QED) is 0.305. The SMILES string of the molecule is CCCCC(CCCC)(c1ccc(C(=O)OC)c(-c2ccccc2C)c1)P(=O)=O. The van der Waals surface area contributed by atoms with Crippen molar-refractivity contribution in [2.45, 2.75) is 64.5 Å². The highest BCUT2D eigenvalue weighted by atomic mass is 31.1. The number of methoxy groups -OCH3 is 1. The molecular weight excluding hydrogens is 383 g/mol. The summed E-state index contributed by atoms with van der Waals surface area (Å²) in [6.45, 7) is 6.13. The lowest BCUT2D eigenvalue weighted by atomic mass is 9.84. The summed E-state index contributed by atoms with van der Waals surface area (Å²) in [5.74, 6) is -0.422. The van der Waals surface area contributed by atoms with Gasteiger partial charge in [0.25, 0.3) is 0 Å². The fourth-order valence-corrected chi connectivity index (χ4v) is 4.89. The van der Waals surface area contributed by atoms with Crippen molar-refractivity contribution in [1.82, 2.24) is 0 Å². The molecule has 0 aromatic heterocycles. The maximum atomic E-state index is 12.6. The zero-order chi connectivity index (χ0) is 21.4. The average molecular weight is 414 g/mol. The van der Waals surface area contributed by atoms with E-state index in [0.29, 0.717) is 18.4 Å². The van der Waals surface area contributed by atoms with Crippen molar-refractivity contribution in [2.75, 3.05) is 7.11 Å². The Morgan fingerprint density at radius 2 is 1.59 bits per heavy atom. The number of rotatable bonds is 10. The van der Waals surface area contributed by atoms with E-state index in [2.05, 4.69) is 13.8 Å². The molecule has 0 radical (unpaired) electrons. The predicted octanol–water partition coefficient (Wildman–Crippen LogP) is 7.20. The number of hydrogen-bond donors (Lipinski definition) is 0. The maximum absolute atomic E-state index is 12.6. The summed E-state index contributed by atoms with van der Waals surface area (Å²) < 4.78 is 30.1. The second-order valence-corrected chi connectivity index (χ2v) is 8.93. The number of carbonyl (C=O) groups is 1. The van der Waals surface area contributed by atoms with Crippen molar-refractivity contribution in [2.24, 2.45) is 0 Å². The molecule has 0 fully saturated rings. The molecule has 0 aliphatic heterocycles. The van der Waals surface area contributed by atoms with Gasteiger partial charge in [-0.25, -0.2) is 13.9 Å². The van der Waals surface area contributed by atoms with Crippen LogP contribution in [0.25, 0.3) is 11.1 Å². The molecule has 156 valence electrons. The van der Waals surface area contributed by atoms with Crippen LogP contribution < -0.4 is 0 Å². The van der Waals surface area contributed by atoms with Gasteiger partial charge in [0, 0.05) is 0 Å². The Hall–Kier alpha value is -2.19. The van der Waals surface area contributed by atoms with Crippen LogP contribution in [0, 0.1) is 6.92 Å². The van der Waals surface area contributed by atoms with Gasteiger partial charge < -0.3 is 4.74 Å². The molecular formula is C24H31O4P. The Bertz CT molecular complexity index is 899. The molecule has 4 nitrogen and oxygen atoms in total. The van der Waals surface area contributed by atoms with E-state index in [4.69, 9.17) is 4.74 Å². The first kappa shape index (κ1) is 23.1. The van der Waals surface area contributed by atoms with E-state index >= 15 is 0 Å². The van der Waals surface area contributed by atoms with E-state index in [1.165, 1.54) is 7.11 Å². The minimum atomic E-state index is -2.68. The van der Waals surface area contributed by atoms with Crippen LogP contribution in [0.2, 0.25) is 0 Å². The highest BCUT2D eigenvalue weighted by Gasteiger charge is 2.38. The number of hydrogen-bond acceptors (Lipinski definition) is 4. The van der Waals surface area contributed by atoms with Gasteiger partial charge in [-0.05, 0) is 54.2 Å². The largest absolute Gasteiger partial charge is 0.465 e. The minimum absolute atomic E-state index is 0.422. The van der Waals surface area contributed by atoms with Crippen molar-refractivity contribution in [3.8, 4) is 11.1 Å². The highest BCUT2D eigenvalue weighted by Crippen LogP contribution is 2.49. The Morgan fingerprint density at radius 1 is 0.966 bits per heavy atom. The third-order valence-electron chi connectivity index (χ3n) is 5.63. The van der Waals surface area contributed by atoms with Gasteiger partial charge in [-0.3, -0.25) is 0 Å². The van der Waals surface area contributed by atoms with Gasteiger partial charge in [0.2, 0.25) is 0 Å². The third-order valence-corrected chi connectivity index (χ3v) is 7.04. The molecule has 0 amide bonds. The molecule has 0 aliphatic rings. The predicted molar refractivity (Wildman–Crippen MR) is 117 cm³/mol. The standard InChI is InChI=1S/C24H31O4P/c1-5-7-15-24(29(26)27,16-8-6-2)19-13-14-21(23(25)28-4)22(17-19)20-12-10-9-11-18(20)3/h9-14,17H,5-8,15-16H2,1-4H3. The summed E-state index contributed by atoms with van der Waals surface area (Å²) in [5.41, 5.74) is 3.87. The summed E-state index contributed by atoms with van der Waals surface area (Å²) >= 11 is 0. The fourth-order valence-electron chi connectivity index (χ4n) is 3.86. The van der Waals surface area contributed by atoms with Crippen molar-refractivity contribution >= 4 is 13.6 Å². The maximum Gasteiger partial charge on any atom is 0.338 e. The van der Waals surface area contributed by atoms with Crippen LogP contribution >= 0.6 is 7.68 Å². The molecule has 0 aliphatic carbocycles.